The fraction of sp³-hybridized carbons (Fsp3) is 0.308. The van der Waals surface area contributed by atoms with Crippen molar-refractivity contribution in [3.05, 3.63) is 29.1 Å². The average Bonchev–Trinajstić information content (AvgIpc) is 2.78. The van der Waals surface area contributed by atoms with Crippen LogP contribution in [0.4, 0.5) is 5.13 Å². The molecule has 0 atom stereocenters. The average molecular weight is 248 g/mol. The molecule has 1 aromatic carbocycles. The summed E-state index contributed by atoms with van der Waals surface area (Å²) in [5.74, 6) is 0.865. The molecule has 90 valence electrons. The summed E-state index contributed by atoms with van der Waals surface area (Å²) in [5, 5.41) is 6.22. The second kappa shape index (κ2) is 5.19. The minimum absolute atomic E-state index is 0.865. The van der Waals surface area contributed by atoms with Gasteiger partial charge in [-0.3, -0.25) is 0 Å². The molecule has 1 N–H and O–H groups in total. The predicted molar refractivity (Wildman–Crippen MR) is 73.0 cm³/mol. The van der Waals surface area contributed by atoms with Crippen LogP contribution in [-0.4, -0.2) is 18.6 Å². The van der Waals surface area contributed by atoms with Crippen molar-refractivity contribution in [1.82, 2.24) is 4.98 Å². The van der Waals surface area contributed by atoms with Crippen molar-refractivity contribution in [3.63, 3.8) is 0 Å². The standard InChI is InChI=1S/C13H16N2OS/c1-4-14-13-15-11(8-17-13)10-7-9(2)5-6-12(10)16-3/h5-8H,4H2,1-3H3,(H,14,15). The van der Waals surface area contributed by atoms with Gasteiger partial charge in [0.2, 0.25) is 0 Å². The summed E-state index contributed by atoms with van der Waals surface area (Å²) in [6, 6.07) is 6.13. The molecule has 17 heavy (non-hydrogen) atoms. The van der Waals surface area contributed by atoms with Gasteiger partial charge in [0.25, 0.3) is 0 Å². The third-order valence-corrected chi connectivity index (χ3v) is 3.26. The van der Waals surface area contributed by atoms with Gasteiger partial charge in [-0.15, -0.1) is 11.3 Å². The summed E-state index contributed by atoms with van der Waals surface area (Å²) >= 11 is 1.62. The van der Waals surface area contributed by atoms with Crippen molar-refractivity contribution in [3.8, 4) is 17.0 Å². The molecule has 4 heteroatoms. The van der Waals surface area contributed by atoms with E-state index >= 15 is 0 Å². The predicted octanol–water partition coefficient (Wildman–Crippen LogP) is 3.56. The fourth-order valence-electron chi connectivity index (χ4n) is 1.65. The number of anilines is 1. The van der Waals surface area contributed by atoms with Crippen LogP contribution in [0.15, 0.2) is 23.6 Å². The first kappa shape index (κ1) is 11.9. The normalized spacial score (nSPS) is 10.3. The first-order chi connectivity index (χ1) is 8.24. The van der Waals surface area contributed by atoms with E-state index in [1.807, 2.05) is 12.1 Å². The van der Waals surface area contributed by atoms with Gasteiger partial charge >= 0.3 is 0 Å². The number of nitrogens with one attached hydrogen (secondary N) is 1. The lowest BCUT2D eigenvalue weighted by Crippen LogP contribution is -1.95. The number of thiazole rings is 1. The van der Waals surface area contributed by atoms with Gasteiger partial charge in [0.05, 0.1) is 12.8 Å². The second-order valence-electron chi connectivity index (χ2n) is 3.77. The summed E-state index contributed by atoms with van der Waals surface area (Å²) in [7, 11) is 1.69. The highest BCUT2D eigenvalue weighted by molar-refractivity contribution is 7.14. The highest BCUT2D eigenvalue weighted by Gasteiger charge is 2.09. The Bertz CT molecular complexity index is 508. The molecule has 0 amide bonds. The Morgan fingerprint density at radius 3 is 2.94 bits per heavy atom. The second-order valence-corrected chi connectivity index (χ2v) is 4.63. The Hall–Kier alpha value is -1.55. The van der Waals surface area contributed by atoms with Crippen molar-refractivity contribution >= 4 is 16.5 Å². The largest absolute Gasteiger partial charge is 0.496 e. The Kier molecular flexibility index (Phi) is 3.64. The lowest BCUT2D eigenvalue weighted by atomic mass is 10.1. The van der Waals surface area contributed by atoms with Crippen LogP contribution in [0.3, 0.4) is 0 Å². The number of hydrogen-bond donors (Lipinski definition) is 1. The van der Waals surface area contributed by atoms with Gasteiger partial charge in [-0.05, 0) is 26.0 Å². The van der Waals surface area contributed by atoms with Gasteiger partial charge in [-0.2, -0.15) is 0 Å². The number of aryl methyl sites for hydroxylation is 1. The van der Waals surface area contributed by atoms with Crippen LogP contribution in [0.2, 0.25) is 0 Å². The molecule has 0 spiro atoms. The zero-order chi connectivity index (χ0) is 12.3. The minimum atomic E-state index is 0.865. The summed E-state index contributed by atoms with van der Waals surface area (Å²) in [6.07, 6.45) is 0. The summed E-state index contributed by atoms with van der Waals surface area (Å²) in [4.78, 5) is 4.55. The molecule has 0 fully saturated rings. The zero-order valence-electron chi connectivity index (χ0n) is 10.3. The minimum Gasteiger partial charge on any atom is -0.496 e. The van der Waals surface area contributed by atoms with E-state index < -0.39 is 0 Å². The Labute approximate surface area is 105 Å². The van der Waals surface area contributed by atoms with E-state index in [1.54, 1.807) is 18.4 Å². The number of rotatable bonds is 4. The van der Waals surface area contributed by atoms with Crippen LogP contribution < -0.4 is 10.1 Å². The third kappa shape index (κ3) is 2.58. The summed E-state index contributed by atoms with van der Waals surface area (Å²) < 4.78 is 5.37. The van der Waals surface area contributed by atoms with Crippen LogP contribution in [-0.2, 0) is 0 Å². The van der Waals surface area contributed by atoms with Gasteiger partial charge in [-0.1, -0.05) is 11.6 Å². The quantitative estimate of drug-likeness (QED) is 0.898. The van der Waals surface area contributed by atoms with E-state index in [0.29, 0.717) is 0 Å². The monoisotopic (exact) mass is 248 g/mol. The van der Waals surface area contributed by atoms with E-state index in [9.17, 15) is 0 Å². The molecule has 1 aromatic heterocycles. The molecule has 2 rings (SSSR count). The molecule has 0 unspecified atom stereocenters. The highest BCUT2D eigenvalue weighted by atomic mass is 32.1. The van der Waals surface area contributed by atoms with Crippen LogP contribution in [0.1, 0.15) is 12.5 Å². The maximum Gasteiger partial charge on any atom is 0.183 e. The van der Waals surface area contributed by atoms with Crippen LogP contribution in [0.25, 0.3) is 11.3 Å². The Balaban J connectivity index is 2.40. The molecule has 0 saturated carbocycles. The van der Waals surface area contributed by atoms with E-state index in [4.69, 9.17) is 4.74 Å². The number of aromatic nitrogens is 1. The number of methoxy groups -OCH3 is 1. The number of benzene rings is 1. The van der Waals surface area contributed by atoms with E-state index in [-0.39, 0.29) is 0 Å². The number of hydrogen-bond acceptors (Lipinski definition) is 4. The third-order valence-electron chi connectivity index (χ3n) is 2.46. The molecule has 0 saturated heterocycles. The Morgan fingerprint density at radius 1 is 1.41 bits per heavy atom. The van der Waals surface area contributed by atoms with Crippen molar-refractivity contribution < 1.29 is 4.74 Å². The van der Waals surface area contributed by atoms with Crippen molar-refractivity contribution in [1.29, 1.82) is 0 Å². The van der Waals surface area contributed by atoms with Crippen LogP contribution in [0.5, 0.6) is 5.75 Å². The van der Waals surface area contributed by atoms with Crippen molar-refractivity contribution in [2.75, 3.05) is 19.0 Å². The summed E-state index contributed by atoms with van der Waals surface area (Å²) in [6.45, 7) is 5.02. The lowest BCUT2D eigenvalue weighted by Gasteiger charge is -2.07. The number of ether oxygens (including phenoxy) is 1. The van der Waals surface area contributed by atoms with E-state index in [0.717, 1.165) is 28.7 Å². The fourth-order valence-corrected chi connectivity index (χ4v) is 2.43. The van der Waals surface area contributed by atoms with Crippen molar-refractivity contribution in [2.45, 2.75) is 13.8 Å². The molecule has 2 aromatic rings. The molecule has 1 heterocycles. The summed E-state index contributed by atoms with van der Waals surface area (Å²) in [5.41, 5.74) is 3.22. The topological polar surface area (TPSA) is 34.2 Å². The maximum absolute atomic E-state index is 5.37. The molecular formula is C13H16N2OS. The molecular weight excluding hydrogens is 232 g/mol. The lowest BCUT2D eigenvalue weighted by molar-refractivity contribution is 0.416. The van der Waals surface area contributed by atoms with Gasteiger partial charge in [-0.25, -0.2) is 4.98 Å². The molecule has 0 aliphatic rings. The van der Waals surface area contributed by atoms with Crippen molar-refractivity contribution in [2.24, 2.45) is 0 Å². The maximum atomic E-state index is 5.37. The van der Waals surface area contributed by atoms with E-state index in [1.165, 1.54) is 5.56 Å². The van der Waals surface area contributed by atoms with Gasteiger partial charge in [0.1, 0.15) is 5.75 Å². The molecule has 0 aliphatic carbocycles. The van der Waals surface area contributed by atoms with Crippen LogP contribution >= 0.6 is 11.3 Å². The first-order valence-corrected chi connectivity index (χ1v) is 6.47. The first-order valence-electron chi connectivity index (χ1n) is 5.59. The molecule has 0 aliphatic heterocycles. The molecule has 0 bridgehead atoms. The van der Waals surface area contributed by atoms with Crippen LogP contribution in [0, 0.1) is 6.92 Å². The highest BCUT2D eigenvalue weighted by Crippen LogP contribution is 2.32. The van der Waals surface area contributed by atoms with Gasteiger partial charge < -0.3 is 10.1 Å². The SMILES string of the molecule is CCNc1nc(-c2cc(C)ccc2OC)cs1. The van der Waals surface area contributed by atoms with Gasteiger partial charge in [0.15, 0.2) is 5.13 Å². The number of nitrogens with zero attached hydrogens (tertiary/aromatic N) is 1. The Morgan fingerprint density at radius 2 is 2.24 bits per heavy atom. The van der Waals surface area contributed by atoms with E-state index in [2.05, 4.69) is 35.6 Å². The molecule has 0 radical (unpaired) electrons. The zero-order valence-corrected chi connectivity index (χ0v) is 11.1. The molecule has 3 nitrogen and oxygen atoms in total. The smallest absolute Gasteiger partial charge is 0.183 e. The van der Waals surface area contributed by atoms with Gasteiger partial charge in [0, 0.05) is 17.5 Å².